The lowest BCUT2D eigenvalue weighted by Gasteiger charge is -1.99. The fraction of sp³-hybridized carbons (Fsp3) is 0. The number of phenolic OH excluding ortho intramolecular Hbond substituents is 1. The summed E-state index contributed by atoms with van der Waals surface area (Å²) in [5.41, 5.74) is 2.12. The molecule has 0 unspecified atom stereocenters. The van der Waals surface area contributed by atoms with E-state index in [1.807, 2.05) is 36.4 Å². The molecule has 0 aliphatic rings. The molecule has 3 heteroatoms. The molecular weight excluding hydrogens is 338 g/mol. The summed E-state index contributed by atoms with van der Waals surface area (Å²) in [6, 6.07) is 25.4. The Morgan fingerprint density at radius 3 is 1.68 bits per heavy atom. The minimum atomic E-state index is 0.299. The predicted molar refractivity (Wildman–Crippen MR) is 95.1 cm³/mol. The van der Waals surface area contributed by atoms with Gasteiger partial charge in [0.1, 0.15) is 5.75 Å². The molecule has 1 heterocycles. The normalized spacial score (nSPS) is 10.2. The van der Waals surface area contributed by atoms with Crippen LogP contribution in [0.15, 0.2) is 83.3 Å². The molecule has 0 spiro atoms. The van der Waals surface area contributed by atoms with Gasteiger partial charge in [-0.2, -0.15) is 0 Å². The van der Waals surface area contributed by atoms with Crippen molar-refractivity contribution in [3.8, 4) is 5.75 Å². The first kappa shape index (κ1) is 14.5. The molecule has 4 rings (SSSR count). The van der Waals surface area contributed by atoms with Crippen LogP contribution in [0, 0.1) is 0 Å². The zero-order chi connectivity index (χ0) is 15.4. The molecule has 4 aromatic rings. The van der Waals surface area contributed by atoms with Crippen molar-refractivity contribution in [3.63, 3.8) is 0 Å². The first-order valence-electron chi connectivity index (χ1n) is 6.91. The van der Waals surface area contributed by atoms with Crippen LogP contribution < -0.4 is 0 Å². The van der Waals surface area contributed by atoms with Crippen molar-refractivity contribution in [1.82, 2.24) is 4.98 Å². The number of aromatic nitrogens is 1. The summed E-state index contributed by atoms with van der Waals surface area (Å²) in [6.07, 6.45) is 0. The number of hydrogen-bond donors (Lipinski definition) is 1. The fourth-order valence-corrected chi connectivity index (χ4v) is 2.43. The lowest BCUT2D eigenvalue weighted by atomic mass is 10.1. The molecule has 2 nitrogen and oxygen atoms in total. The van der Waals surface area contributed by atoms with Crippen LogP contribution in [0.1, 0.15) is 0 Å². The maximum atomic E-state index is 8.74. The van der Waals surface area contributed by atoms with E-state index in [4.69, 9.17) is 5.11 Å². The molecule has 0 atom stereocenters. The maximum absolute atomic E-state index is 8.74. The van der Waals surface area contributed by atoms with Crippen molar-refractivity contribution < 1.29 is 5.11 Å². The topological polar surface area (TPSA) is 33.1 Å². The number of benzene rings is 3. The number of aromatic hydroxyl groups is 1. The number of halogens is 1. The standard InChI is InChI=1S/C13H9N.C6H5BrO/c1-3-7-12-10(5-1)9-11-6-2-4-8-13(11)14-12;7-5-1-3-6(8)4-2-5/h1-9H;1-4,8H. The minimum Gasteiger partial charge on any atom is -0.508 e. The zero-order valence-corrected chi connectivity index (χ0v) is 13.4. The van der Waals surface area contributed by atoms with Crippen LogP contribution in [0.2, 0.25) is 0 Å². The van der Waals surface area contributed by atoms with E-state index >= 15 is 0 Å². The summed E-state index contributed by atoms with van der Waals surface area (Å²) in [5, 5.41) is 11.1. The molecule has 0 aliphatic carbocycles. The molecule has 22 heavy (non-hydrogen) atoms. The third-order valence-corrected chi connectivity index (χ3v) is 3.78. The SMILES string of the molecule is Oc1ccc(Br)cc1.c1ccc2nc3ccccc3cc2c1. The van der Waals surface area contributed by atoms with Crippen LogP contribution in [-0.2, 0) is 0 Å². The summed E-state index contributed by atoms with van der Waals surface area (Å²) in [6.45, 7) is 0. The minimum absolute atomic E-state index is 0.299. The third-order valence-electron chi connectivity index (χ3n) is 3.25. The second-order valence-electron chi connectivity index (χ2n) is 4.85. The van der Waals surface area contributed by atoms with E-state index in [1.165, 1.54) is 10.8 Å². The fourth-order valence-electron chi connectivity index (χ4n) is 2.16. The summed E-state index contributed by atoms with van der Waals surface area (Å²) >= 11 is 3.23. The Bertz CT molecular complexity index is 778. The van der Waals surface area contributed by atoms with Crippen LogP contribution in [0.3, 0.4) is 0 Å². The average Bonchev–Trinajstić information content (AvgIpc) is 2.56. The second kappa shape index (κ2) is 6.58. The van der Waals surface area contributed by atoms with Crippen LogP contribution in [-0.4, -0.2) is 10.1 Å². The van der Waals surface area contributed by atoms with E-state index < -0.39 is 0 Å². The van der Waals surface area contributed by atoms with Gasteiger partial charge in [0.15, 0.2) is 0 Å². The number of pyridine rings is 1. The number of phenols is 1. The van der Waals surface area contributed by atoms with Crippen LogP contribution in [0.5, 0.6) is 5.75 Å². The van der Waals surface area contributed by atoms with Crippen molar-refractivity contribution in [2.24, 2.45) is 0 Å². The van der Waals surface area contributed by atoms with Crippen molar-refractivity contribution in [1.29, 1.82) is 0 Å². The highest BCUT2D eigenvalue weighted by molar-refractivity contribution is 9.10. The smallest absolute Gasteiger partial charge is 0.115 e. The molecule has 3 aromatic carbocycles. The maximum Gasteiger partial charge on any atom is 0.115 e. The van der Waals surface area contributed by atoms with Gasteiger partial charge >= 0.3 is 0 Å². The molecule has 0 saturated heterocycles. The molecular formula is C19H14BrNO. The van der Waals surface area contributed by atoms with E-state index in [0.29, 0.717) is 5.75 Å². The number of hydrogen-bond acceptors (Lipinski definition) is 2. The number of fused-ring (bicyclic) bond motifs is 2. The summed E-state index contributed by atoms with van der Waals surface area (Å²) < 4.78 is 0.982. The van der Waals surface area contributed by atoms with Gasteiger partial charge in [0.25, 0.3) is 0 Å². The number of para-hydroxylation sites is 2. The van der Waals surface area contributed by atoms with Crippen molar-refractivity contribution >= 4 is 37.7 Å². The van der Waals surface area contributed by atoms with E-state index in [9.17, 15) is 0 Å². The largest absolute Gasteiger partial charge is 0.508 e. The van der Waals surface area contributed by atoms with Crippen molar-refractivity contribution in [2.75, 3.05) is 0 Å². The van der Waals surface area contributed by atoms with Gasteiger partial charge < -0.3 is 5.11 Å². The highest BCUT2D eigenvalue weighted by Crippen LogP contribution is 2.18. The van der Waals surface area contributed by atoms with Crippen LogP contribution >= 0.6 is 15.9 Å². The van der Waals surface area contributed by atoms with E-state index in [-0.39, 0.29) is 0 Å². The number of rotatable bonds is 0. The van der Waals surface area contributed by atoms with E-state index in [2.05, 4.69) is 39.1 Å². The van der Waals surface area contributed by atoms with Crippen LogP contribution in [0.25, 0.3) is 21.8 Å². The first-order valence-corrected chi connectivity index (χ1v) is 7.71. The summed E-state index contributed by atoms with van der Waals surface area (Å²) in [5.74, 6) is 0.299. The van der Waals surface area contributed by atoms with Gasteiger partial charge in [0, 0.05) is 15.2 Å². The Balaban J connectivity index is 0.000000154. The number of nitrogens with zero attached hydrogens (tertiary/aromatic N) is 1. The third kappa shape index (κ3) is 3.43. The van der Waals surface area contributed by atoms with Gasteiger partial charge in [-0.05, 0) is 42.5 Å². The molecule has 0 aliphatic heterocycles. The van der Waals surface area contributed by atoms with Crippen molar-refractivity contribution in [2.45, 2.75) is 0 Å². The molecule has 1 N–H and O–H groups in total. The lowest BCUT2D eigenvalue weighted by molar-refractivity contribution is 0.475. The van der Waals surface area contributed by atoms with Gasteiger partial charge in [0.2, 0.25) is 0 Å². The van der Waals surface area contributed by atoms with Gasteiger partial charge in [0.05, 0.1) is 11.0 Å². The quantitative estimate of drug-likeness (QED) is 0.421. The van der Waals surface area contributed by atoms with Gasteiger partial charge in [-0.1, -0.05) is 52.3 Å². The molecule has 1 aromatic heterocycles. The average molecular weight is 352 g/mol. The second-order valence-corrected chi connectivity index (χ2v) is 5.77. The van der Waals surface area contributed by atoms with Crippen molar-refractivity contribution in [3.05, 3.63) is 83.3 Å². The Labute approximate surface area is 137 Å². The molecule has 0 fully saturated rings. The van der Waals surface area contributed by atoms with Crippen LogP contribution in [0.4, 0.5) is 0 Å². The van der Waals surface area contributed by atoms with Gasteiger partial charge in [-0.15, -0.1) is 0 Å². The highest BCUT2D eigenvalue weighted by Gasteiger charge is 1.96. The lowest BCUT2D eigenvalue weighted by Crippen LogP contribution is -1.80. The summed E-state index contributed by atoms with van der Waals surface area (Å²) in [7, 11) is 0. The molecule has 0 radical (unpaired) electrons. The molecule has 0 saturated carbocycles. The molecule has 0 amide bonds. The molecule has 0 bridgehead atoms. The Morgan fingerprint density at radius 1 is 0.682 bits per heavy atom. The summed E-state index contributed by atoms with van der Waals surface area (Å²) in [4.78, 5) is 4.58. The molecule has 108 valence electrons. The van der Waals surface area contributed by atoms with Gasteiger partial charge in [-0.3, -0.25) is 0 Å². The zero-order valence-electron chi connectivity index (χ0n) is 11.8. The Hall–Kier alpha value is -2.39. The first-order chi connectivity index (χ1) is 10.7. The monoisotopic (exact) mass is 351 g/mol. The Morgan fingerprint density at radius 2 is 1.18 bits per heavy atom. The van der Waals surface area contributed by atoms with E-state index in [0.717, 1.165) is 15.5 Å². The Kier molecular flexibility index (Phi) is 4.35. The highest BCUT2D eigenvalue weighted by atomic mass is 79.9. The van der Waals surface area contributed by atoms with Gasteiger partial charge in [-0.25, -0.2) is 4.98 Å². The van der Waals surface area contributed by atoms with E-state index in [1.54, 1.807) is 24.3 Å². The predicted octanol–water partition coefficient (Wildman–Crippen LogP) is 5.54.